The third-order valence-corrected chi connectivity index (χ3v) is 6.50. The number of phenolic OH excluding ortho intramolecular Hbond substituents is 1. The summed E-state index contributed by atoms with van der Waals surface area (Å²) in [7, 11) is 1.97. The zero-order valence-corrected chi connectivity index (χ0v) is 22.7. The van der Waals surface area contributed by atoms with E-state index in [-0.39, 0.29) is 16.8 Å². The van der Waals surface area contributed by atoms with Crippen molar-refractivity contribution in [3.8, 4) is 11.4 Å². The van der Waals surface area contributed by atoms with Crippen LogP contribution in [0.2, 0.25) is 0 Å². The van der Waals surface area contributed by atoms with E-state index in [9.17, 15) is 18.3 Å². The molecule has 4 nitrogen and oxygen atoms in total. The summed E-state index contributed by atoms with van der Waals surface area (Å²) in [5.41, 5.74) is 3.27. The average Bonchev–Trinajstić information content (AvgIpc) is 3.29. The quantitative estimate of drug-likeness (QED) is 0.212. The Kier molecular flexibility index (Phi) is 11.8. The van der Waals surface area contributed by atoms with E-state index >= 15 is 0 Å². The molecule has 1 unspecified atom stereocenters. The van der Waals surface area contributed by atoms with Crippen molar-refractivity contribution in [2.45, 2.75) is 39.6 Å². The Morgan fingerprint density at radius 3 is 2.30 bits per heavy atom. The molecule has 0 bridgehead atoms. The van der Waals surface area contributed by atoms with Crippen molar-refractivity contribution < 1.29 is 18.3 Å². The molecule has 8 heteroatoms. The number of phenols is 1. The third-order valence-electron chi connectivity index (χ3n) is 5.24. The molecule has 2 aromatic carbocycles. The van der Waals surface area contributed by atoms with Crippen molar-refractivity contribution >= 4 is 17.3 Å². The minimum absolute atomic E-state index is 0.173. The number of aromatic nitrogens is 2. The van der Waals surface area contributed by atoms with Gasteiger partial charge < -0.3 is 5.11 Å². The summed E-state index contributed by atoms with van der Waals surface area (Å²) in [6.45, 7) is 11.7. The van der Waals surface area contributed by atoms with Gasteiger partial charge in [0.15, 0.2) is 0 Å². The zero-order chi connectivity index (χ0) is 27.5. The van der Waals surface area contributed by atoms with Crippen LogP contribution in [0, 0.1) is 11.6 Å². The molecule has 0 aliphatic rings. The largest absolute Gasteiger partial charge is 0.508 e. The maximum Gasteiger partial charge on any atom is 0.128 e. The van der Waals surface area contributed by atoms with Crippen molar-refractivity contribution in [2.24, 2.45) is 0 Å². The van der Waals surface area contributed by atoms with Crippen molar-refractivity contribution in [1.82, 2.24) is 14.7 Å². The molecule has 0 aliphatic carbocycles. The Morgan fingerprint density at radius 2 is 1.76 bits per heavy atom. The maximum absolute atomic E-state index is 13.9. The number of thioether (sulfide) groups is 1. The predicted molar refractivity (Wildman–Crippen MR) is 148 cm³/mol. The molecule has 0 saturated carbocycles. The number of hydrogen-bond acceptors (Lipinski definition) is 4. The predicted octanol–water partition coefficient (Wildman–Crippen LogP) is 8.21. The van der Waals surface area contributed by atoms with Gasteiger partial charge >= 0.3 is 0 Å². The first-order chi connectivity index (χ1) is 17.7. The molecule has 3 rings (SSSR count). The van der Waals surface area contributed by atoms with Gasteiger partial charge in [-0.3, -0.25) is 4.90 Å². The molecular weight excluding hydrogens is 495 g/mol. The Labute approximate surface area is 221 Å². The van der Waals surface area contributed by atoms with Crippen LogP contribution < -0.4 is 0 Å². The number of halogens is 3. The lowest BCUT2D eigenvalue weighted by Gasteiger charge is -2.27. The second-order valence-electron chi connectivity index (χ2n) is 7.92. The lowest BCUT2D eigenvalue weighted by atomic mass is 10.1. The van der Waals surface area contributed by atoms with Crippen molar-refractivity contribution in [3.63, 3.8) is 0 Å². The minimum Gasteiger partial charge on any atom is -0.508 e. The van der Waals surface area contributed by atoms with Gasteiger partial charge in [-0.2, -0.15) is 5.10 Å². The highest BCUT2D eigenvalue weighted by atomic mass is 32.2. The van der Waals surface area contributed by atoms with E-state index in [2.05, 4.69) is 16.6 Å². The lowest BCUT2D eigenvalue weighted by Crippen LogP contribution is -2.22. The summed E-state index contributed by atoms with van der Waals surface area (Å²) in [5, 5.41) is 14.1. The van der Waals surface area contributed by atoms with Crippen LogP contribution in [0.3, 0.4) is 0 Å². The second kappa shape index (κ2) is 14.5. The average molecular weight is 530 g/mol. The Bertz CT molecular complexity index is 1220. The standard InChI is InChI=1S/C27H28F3N3OS.C2H6/c1-5-20(10-7-18(3)28)26-25(17-33(31-26)23-14-21(29)13-22(30)15-23)27(35-6-2)32(4)16-19-8-11-24(34)12-9-19;1-2/h5,7-15,17,27,34H,3,6,16H2,1-2,4H3;1-2H3/b10-7-,20-5+;. The monoisotopic (exact) mass is 529 g/mol. The second-order valence-corrected chi connectivity index (χ2v) is 9.28. The van der Waals surface area contributed by atoms with Crippen LogP contribution in [0.1, 0.15) is 49.9 Å². The van der Waals surface area contributed by atoms with Crippen LogP contribution in [-0.4, -0.2) is 32.6 Å². The first kappa shape index (κ1) is 30.0. The lowest BCUT2D eigenvalue weighted by molar-refractivity contribution is 0.310. The number of rotatable bonds is 10. The van der Waals surface area contributed by atoms with Crippen LogP contribution in [0.4, 0.5) is 13.2 Å². The molecule has 37 heavy (non-hydrogen) atoms. The van der Waals surface area contributed by atoms with Gasteiger partial charge in [0.2, 0.25) is 0 Å². The maximum atomic E-state index is 13.9. The molecule has 0 saturated heterocycles. The van der Waals surface area contributed by atoms with Crippen molar-refractivity contribution in [3.05, 3.63) is 108 Å². The van der Waals surface area contributed by atoms with Crippen LogP contribution in [0.15, 0.2) is 79.3 Å². The highest BCUT2D eigenvalue weighted by Gasteiger charge is 2.25. The third kappa shape index (κ3) is 8.40. The van der Waals surface area contributed by atoms with E-state index in [1.807, 2.05) is 46.9 Å². The highest BCUT2D eigenvalue weighted by molar-refractivity contribution is 7.99. The molecule has 0 aliphatic heterocycles. The molecule has 1 atom stereocenters. The number of benzene rings is 2. The fraction of sp³-hybridized carbons (Fsp3) is 0.276. The fourth-order valence-electron chi connectivity index (χ4n) is 3.67. The van der Waals surface area contributed by atoms with Crippen LogP contribution >= 0.6 is 11.8 Å². The number of hydrogen-bond donors (Lipinski definition) is 1. The fourth-order valence-corrected chi connectivity index (χ4v) is 4.67. The Hall–Kier alpha value is -3.23. The summed E-state index contributed by atoms with van der Waals surface area (Å²) < 4.78 is 42.7. The SMILES string of the molecule is C=C(F)/C=C\C(=C/C)c1nn(-c2cc(F)cc(F)c2)cc1C(SCC)N(C)Cc1ccc(O)cc1.CC. The smallest absolute Gasteiger partial charge is 0.128 e. The van der Waals surface area contributed by atoms with E-state index in [0.29, 0.717) is 17.8 Å². The summed E-state index contributed by atoms with van der Waals surface area (Å²) in [4.78, 5) is 2.13. The van der Waals surface area contributed by atoms with Crippen molar-refractivity contribution in [2.75, 3.05) is 12.8 Å². The van der Waals surface area contributed by atoms with E-state index in [4.69, 9.17) is 0 Å². The Balaban J connectivity index is 0.00000235. The van der Waals surface area contributed by atoms with Crippen LogP contribution in [-0.2, 0) is 6.54 Å². The van der Waals surface area contributed by atoms with Gasteiger partial charge in [0.25, 0.3) is 0 Å². The van der Waals surface area contributed by atoms with Gasteiger partial charge in [-0.15, -0.1) is 11.8 Å². The van der Waals surface area contributed by atoms with Crippen LogP contribution in [0.5, 0.6) is 5.75 Å². The van der Waals surface area contributed by atoms with Gasteiger partial charge in [-0.25, -0.2) is 17.9 Å². The van der Waals surface area contributed by atoms with Crippen LogP contribution in [0.25, 0.3) is 11.3 Å². The molecule has 198 valence electrons. The minimum atomic E-state index is -0.706. The zero-order valence-electron chi connectivity index (χ0n) is 21.9. The normalized spacial score (nSPS) is 12.5. The van der Waals surface area contributed by atoms with E-state index < -0.39 is 17.5 Å². The van der Waals surface area contributed by atoms with Gasteiger partial charge in [-0.05, 0) is 61.2 Å². The molecule has 3 aromatic rings. The summed E-state index contributed by atoms with van der Waals surface area (Å²) in [5.74, 6) is -1.02. The molecule has 0 radical (unpaired) electrons. The first-order valence-electron chi connectivity index (χ1n) is 12.1. The van der Waals surface area contributed by atoms with Crippen molar-refractivity contribution in [1.29, 1.82) is 0 Å². The first-order valence-corrected chi connectivity index (χ1v) is 13.1. The summed E-state index contributed by atoms with van der Waals surface area (Å²) in [6.07, 6.45) is 6.39. The molecule has 1 N–H and O–H groups in total. The molecule has 0 fully saturated rings. The molecule has 0 spiro atoms. The number of allylic oxidation sites excluding steroid dienone is 5. The van der Waals surface area contributed by atoms with E-state index in [1.165, 1.54) is 22.9 Å². The van der Waals surface area contributed by atoms with Gasteiger partial charge in [0.05, 0.1) is 16.8 Å². The highest BCUT2D eigenvalue weighted by Crippen LogP contribution is 2.37. The topological polar surface area (TPSA) is 41.3 Å². The van der Waals surface area contributed by atoms with E-state index in [1.54, 1.807) is 42.2 Å². The number of aromatic hydroxyl groups is 1. The number of nitrogens with zero attached hydrogens (tertiary/aromatic N) is 3. The molecule has 0 amide bonds. The molecule has 1 heterocycles. The van der Waals surface area contributed by atoms with Gasteiger partial charge in [0.1, 0.15) is 23.2 Å². The summed E-state index contributed by atoms with van der Waals surface area (Å²) in [6, 6.07) is 10.2. The molecular formula is C29H34F3N3OS. The summed E-state index contributed by atoms with van der Waals surface area (Å²) >= 11 is 1.67. The Morgan fingerprint density at radius 1 is 1.14 bits per heavy atom. The van der Waals surface area contributed by atoms with Gasteiger partial charge in [0, 0.05) is 24.4 Å². The van der Waals surface area contributed by atoms with E-state index in [0.717, 1.165) is 22.9 Å². The van der Waals surface area contributed by atoms with Gasteiger partial charge in [-0.1, -0.05) is 51.6 Å². The molecule has 1 aromatic heterocycles.